The Kier molecular flexibility index (Phi) is 10.5. The lowest BCUT2D eigenvalue weighted by molar-refractivity contribution is 0.198. The first-order valence-corrected chi connectivity index (χ1v) is 12.2. The molecule has 1 rings (SSSR count). The lowest BCUT2D eigenvalue weighted by Gasteiger charge is -2.37. The lowest BCUT2D eigenvalue weighted by atomic mass is 9.69. The Morgan fingerprint density at radius 3 is 2.00 bits per heavy atom. The molecule has 0 saturated carbocycles. The van der Waals surface area contributed by atoms with Crippen LogP contribution in [0.25, 0.3) is 0 Å². The third-order valence-electron chi connectivity index (χ3n) is 7.49. The molecule has 0 aromatic carbocycles. The molecular weight excluding hydrogens is 403 g/mol. The lowest BCUT2D eigenvalue weighted by Crippen LogP contribution is -2.28. The van der Waals surface area contributed by atoms with E-state index in [1.165, 1.54) is 43.0 Å². The second-order valence-electron chi connectivity index (χ2n) is 8.71. The molecular formula is C23H43I. The predicted octanol–water partition coefficient (Wildman–Crippen LogP) is 8.15. The van der Waals surface area contributed by atoms with Crippen LogP contribution < -0.4 is 0 Å². The Labute approximate surface area is 166 Å². The van der Waals surface area contributed by atoms with Gasteiger partial charge in [-0.3, -0.25) is 0 Å². The van der Waals surface area contributed by atoms with Crippen molar-refractivity contribution in [2.45, 2.75) is 87.0 Å². The number of alkyl halides is 1. The second kappa shape index (κ2) is 11.2. The summed E-state index contributed by atoms with van der Waals surface area (Å²) in [6.07, 6.45) is 10.8. The zero-order valence-electron chi connectivity index (χ0n) is 17.4. The van der Waals surface area contributed by atoms with Crippen molar-refractivity contribution < 1.29 is 0 Å². The summed E-state index contributed by atoms with van der Waals surface area (Å²) in [5.41, 5.74) is 1.76. The van der Waals surface area contributed by atoms with Crippen LogP contribution in [-0.4, -0.2) is 4.43 Å². The summed E-state index contributed by atoms with van der Waals surface area (Å²) in [5, 5.41) is 0. The van der Waals surface area contributed by atoms with Crippen LogP contribution in [0.2, 0.25) is 0 Å². The zero-order valence-corrected chi connectivity index (χ0v) is 19.6. The monoisotopic (exact) mass is 446 g/mol. The molecule has 142 valence electrons. The fourth-order valence-electron chi connectivity index (χ4n) is 4.63. The van der Waals surface area contributed by atoms with Crippen LogP contribution in [0.1, 0.15) is 87.0 Å². The van der Waals surface area contributed by atoms with Gasteiger partial charge in [0.1, 0.15) is 0 Å². The highest BCUT2D eigenvalue weighted by molar-refractivity contribution is 14.1. The Bertz CT molecular complexity index is 368. The van der Waals surface area contributed by atoms with Gasteiger partial charge in [0.2, 0.25) is 0 Å². The van der Waals surface area contributed by atoms with Gasteiger partial charge in [-0.25, -0.2) is 0 Å². The molecule has 0 aromatic rings. The molecule has 0 aliphatic heterocycles. The summed E-state index contributed by atoms with van der Waals surface area (Å²) in [6, 6.07) is 0. The van der Waals surface area contributed by atoms with Crippen molar-refractivity contribution in [3.05, 3.63) is 11.6 Å². The highest BCUT2D eigenvalue weighted by Gasteiger charge is 2.31. The van der Waals surface area contributed by atoms with E-state index in [0.29, 0.717) is 0 Å². The topological polar surface area (TPSA) is 0 Å². The Hall–Kier alpha value is 0.470. The molecule has 24 heavy (non-hydrogen) atoms. The Morgan fingerprint density at radius 1 is 0.958 bits per heavy atom. The zero-order chi connectivity index (χ0) is 18.3. The number of hydrogen-bond donors (Lipinski definition) is 0. The molecule has 7 unspecified atom stereocenters. The first-order chi connectivity index (χ1) is 11.4. The molecule has 0 fully saturated rings. The highest BCUT2D eigenvalue weighted by atomic mass is 127. The second-order valence-corrected chi connectivity index (χ2v) is 9.59. The maximum absolute atomic E-state index is 2.65. The fourth-order valence-corrected chi connectivity index (χ4v) is 5.90. The van der Waals surface area contributed by atoms with E-state index >= 15 is 0 Å². The van der Waals surface area contributed by atoms with Crippen LogP contribution >= 0.6 is 22.6 Å². The van der Waals surface area contributed by atoms with E-state index in [4.69, 9.17) is 0 Å². The minimum Gasteiger partial charge on any atom is -0.0861 e. The maximum Gasteiger partial charge on any atom is 0.00264 e. The normalized spacial score (nSPS) is 25.2. The summed E-state index contributed by atoms with van der Waals surface area (Å²) in [4.78, 5) is 0. The van der Waals surface area contributed by atoms with Crippen LogP contribution in [0.3, 0.4) is 0 Å². The van der Waals surface area contributed by atoms with Crippen molar-refractivity contribution in [2.75, 3.05) is 4.43 Å². The summed E-state index contributed by atoms with van der Waals surface area (Å²) in [6.45, 7) is 17.0. The molecule has 0 amide bonds. The Morgan fingerprint density at radius 2 is 1.54 bits per heavy atom. The predicted molar refractivity (Wildman–Crippen MR) is 119 cm³/mol. The third-order valence-corrected chi connectivity index (χ3v) is 8.62. The van der Waals surface area contributed by atoms with E-state index in [1.807, 2.05) is 0 Å². The van der Waals surface area contributed by atoms with Gasteiger partial charge in [-0.15, -0.1) is 0 Å². The number of allylic oxidation sites excluding steroid dienone is 2. The molecule has 0 bridgehead atoms. The number of rotatable bonds is 12. The summed E-state index contributed by atoms with van der Waals surface area (Å²) in [7, 11) is 0. The van der Waals surface area contributed by atoms with E-state index in [-0.39, 0.29) is 0 Å². The van der Waals surface area contributed by atoms with Gasteiger partial charge in [-0.05, 0) is 60.7 Å². The first-order valence-electron chi connectivity index (χ1n) is 10.6. The first kappa shape index (κ1) is 22.5. The molecule has 0 nitrogen and oxygen atoms in total. The van der Waals surface area contributed by atoms with Gasteiger partial charge < -0.3 is 0 Å². The van der Waals surface area contributed by atoms with Gasteiger partial charge in [0.25, 0.3) is 0 Å². The number of hydrogen-bond acceptors (Lipinski definition) is 0. The van der Waals surface area contributed by atoms with Crippen LogP contribution in [0.5, 0.6) is 0 Å². The van der Waals surface area contributed by atoms with Crippen molar-refractivity contribution in [3.63, 3.8) is 0 Å². The molecule has 0 aromatic heterocycles. The van der Waals surface area contributed by atoms with Crippen LogP contribution in [0, 0.1) is 41.4 Å². The van der Waals surface area contributed by atoms with Crippen molar-refractivity contribution in [1.82, 2.24) is 0 Å². The van der Waals surface area contributed by atoms with Gasteiger partial charge in [-0.2, -0.15) is 0 Å². The quantitative estimate of drug-likeness (QED) is 0.161. The Balaban J connectivity index is 2.44. The SMILES string of the molecule is CCC(C)C(C)C(C)C(C)CCC1=CC(C(CC)C(CC)CI)C1. The van der Waals surface area contributed by atoms with Crippen molar-refractivity contribution in [1.29, 1.82) is 0 Å². The van der Waals surface area contributed by atoms with E-state index in [1.54, 1.807) is 5.57 Å². The average molecular weight is 447 g/mol. The van der Waals surface area contributed by atoms with Crippen LogP contribution in [0.4, 0.5) is 0 Å². The van der Waals surface area contributed by atoms with E-state index in [0.717, 1.165) is 41.4 Å². The molecule has 0 radical (unpaired) electrons. The molecule has 1 aliphatic carbocycles. The van der Waals surface area contributed by atoms with Gasteiger partial charge in [-0.1, -0.05) is 102 Å². The van der Waals surface area contributed by atoms with Gasteiger partial charge in [0.05, 0.1) is 0 Å². The van der Waals surface area contributed by atoms with Crippen molar-refractivity contribution >= 4 is 22.6 Å². The maximum atomic E-state index is 2.65. The highest BCUT2D eigenvalue weighted by Crippen LogP contribution is 2.42. The van der Waals surface area contributed by atoms with E-state index in [9.17, 15) is 0 Å². The van der Waals surface area contributed by atoms with Gasteiger partial charge >= 0.3 is 0 Å². The molecule has 1 heteroatoms. The smallest absolute Gasteiger partial charge is 0.00264 e. The summed E-state index contributed by atoms with van der Waals surface area (Å²) >= 11 is 2.59. The van der Waals surface area contributed by atoms with Crippen molar-refractivity contribution in [2.24, 2.45) is 41.4 Å². The average Bonchev–Trinajstić information content (AvgIpc) is 2.56. The molecule has 1 aliphatic rings. The van der Waals surface area contributed by atoms with E-state index in [2.05, 4.69) is 77.1 Å². The molecule has 0 N–H and O–H groups in total. The molecule has 7 atom stereocenters. The van der Waals surface area contributed by atoms with Gasteiger partial charge in [0.15, 0.2) is 0 Å². The van der Waals surface area contributed by atoms with Crippen LogP contribution in [0.15, 0.2) is 11.6 Å². The molecule has 0 heterocycles. The van der Waals surface area contributed by atoms with Crippen LogP contribution in [-0.2, 0) is 0 Å². The fraction of sp³-hybridized carbons (Fsp3) is 0.913. The number of halogens is 1. The minimum absolute atomic E-state index is 0.850. The molecule has 0 spiro atoms. The third kappa shape index (κ3) is 6.02. The van der Waals surface area contributed by atoms with Crippen molar-refractivity contribution in [3.8, 4) is 0 Å². The summed E-state index contributed by atoms with van der Waals surface area (Å²) < 4.78 is 1.33. The standard InChI is InChI=1S/C23H43I/c1-8-16(4)18(6)19(7)17(5)11-12-20-13-22(14-20)23(10-3)21(9-2)15-24/h13,16-19,21-23H,8-12,14-15H2,1-7H3. The minimum atomic E-state index is 0.850. The largest absolute Gasteiger partial charge is 0.0861 e. The van der Waals surface area contributed by atoms with E-state index < -0.39 is 0 Å². The molecule has 0 saturated heterocycles. The van der Waals surface area contributed by atoms with Gasteiger partial charge in [0, 0.05) is 4.43 Å². The summed E-state index contributed by atoms with van der Waals surface area (Å²) in [5.74, 6) is 6.16.